The Balaban J connectivity index is 2.36. The summed E-state index contributed by atoms with van der Waals surface area (Å²) in [6, 6.07) is 7.05. The molecule has 2 rings (SSSR count). The van der Waals surface area contributed by atoms with Gasteiger partial charge >= 0.3 is 5.97 Å². The molecule has 1 N–H and O–H groups in total. The molecule has 0 spiro atoms. The van der Waals surface area contributed by atoms with Gasteiger partial charge in [-0.2, -0.15) is 0 Å². The zero-order valence-corrected chi connectivity index (χ0v) is 6.77. The summed E-state index contributed by atoms with van der Waals surface area (Å²) in [5.74, 6) is -0.363. The lowest BCUT2D eigenvalue weighted by atomic mass is 10.1. The van der Waals surface area contributed by atoms with Crippen LogP contribution in [0.15, 0.2) is 24.3 Å². The van der Waals surface area contributed by atoms with E-state index >= 15 is 0 Å². The highest BCUT2D eigenvalue weighted by Gasteiger charge is 2.30. The Hall–Kier alpha value is -1.39. The molecular weight excluding hydrogens is 172 g/mol. The molecule has 1 unspecified atom stereocenters. The second-order valence-electron chi connectivity index (χ2n) is 2.78. The van der Waals surface area contributed by atoms with Gasteiger partial charge in [-0.3, -0.25) is 5.26 Å². The summed E-state index contributed by atoms with van der Waals surface area (Å²) >= 11 is 0. The van der Waals surface area contributed by atoms with E-state index in [4.69, 9.17) is 9.99 Å². The van der Waals surface area contributed by atoms with E-state index in [0.29, 0.717) is 5.56 Å². The van der Waals surface area contributed by atoms with E-state index in [0.717, 1.165) is 5.56 Å². The molecule has 1 aromatic rings. The first kappa shape index (κ1) is 8.22. The predicted octanol–water partition coefficient (Wildman–Crippen LogP) is 1.39. The summed E-state index contributed by atoms with van der Waals surface area (Å²) < 4.78 is 4.95. The van der Waals surface area contributed by atoms with Crippen LogP contribution in [0.25, 0.3) is 0 Å². The monoisotopic (exact) mass is 180 g/mol. The fraction of sp³-hybridized carbons (Fsp3) is 0.222. The van der Waals surface area contributed by atoms with E-state index in [1.165, 1.54) is 0 Å². The lowest BCUT2D eigenvalue weighted by Gasteiger charge is -2.06. The number of hydrogen-bond acceptors (Lipinski definition) is 4. The number of benzene rings is 1. The first-order chi connectivity index (χ1) is 6.33. The SMILES string of the molecule is O=C1OC(COO)c2ccccc21. The molecule has 1 atom stereocenters. The Kier molecular flexibility index (Phi) is 2.00. The van der Waals surface area contributed by atoms with Crippen molar-refractivity contribution < 1.29 is 19.7 Å². The molecule has 68 valence electrons. The summed E-state index contributed by atoms with van der Waals surface area (Å²) in [5, 5.41) is 8.25. The number of fused-ring (bicyclic) bond motifs is 1. The molecule has 0 amide bonds. The Morgan fingerprint density at radius 3 is 3.00 bits per heavy atom. The van der Waals surface area contributed by atoms with Crippen molar-refractivity contribution in [2.24, 2.45) is 0 Å². The molecule has 0 aromatic heterocycles. The molecule has 0 saturated carbocycles. The van der Waals surface area contributed by atoms with Gasteiger partial charge < -0.3 is 4.74 Å². The number of ether oxygens (including phenoxy) is 1. The molecule has 0 bridgehead atoms. The minimum atomic E-state index is -0.478. The zero-order chi connectivity index (χ0) is 9.26. The number of esters is 1. The van der Waals surface area contributed by atoms with Crippen LogP contribution in [0.2, 0.25) is 0 Å². The van der Waals surface area contributed by atoms with Crippen molar-refractivity contribution in [3.63, 3.8) is 0 Å². The van der Waals surface area contributed by atoms with Crippen LogP contribution < -0.4 is 0 Å². The smallest absolute Gasteiger partial charge is 0.339 e. The fourth-order valence-electron chi connectivity index (χ4n) is 1.41. The maximum Gasteiger partial charge on any atom is 0.339 e. The van der Waals surface area contributed by atoms with Gasteiger partial charge in [-0.05, 0) is 6.07 Å². The summed E-state index contributed by atoms with van der Waals surface area (Å²) in [6.45, 7) is -0.0250. The van der Waals surface area contributed by atoms with Crippen LogP contribution in [-0.2, 0) is 9.62 Å². The maximum atomic E-state index is 11.2. The summed E-state index contributed by atoms with van der Waals surface area (Å²) in [4.78, 5) is 15.1. The second kappa shape index (κ2) is 3.16. The van der Waals surface area contributed by atoms with E-state index in [9.17, 15) is 4.79 Å². The minimum absolute atomic E-state index is 0.0250. The average Bonchev–Trinajstić information content (AvgIpc) is 2.46. The topological polar surface area (TPSA) is 55.8 Å². The summed E-state index contributed by atoms with van der Waals surface area (Å²) in [7, 11) is 0. The number of cyclic esters (lactones) is 1. The van der Waals surface area contributed by atoms with Crippen molar-refractivity contribution in [2.45, 2.75) is 6.10 Å². The van der Waals surface area contributed by atoms with Gasteiger partial charge in [0.25, 0.3) is 0 Å². The van der Waals surface area contributed by atoms with Crippen LogP contribution in [0.4, 0.5) is 0 Å². The van der Waals surface area contributed by atoms with Crippen LogP contribution in [0.1, 0.15) is 22.0 Å². The van der Waals surface area contributed by atoms with Crippen LogP contribution in [0, 0.1) is 0 Å². The molecular formula is C9H8O4. The Labute approximate surface area is 74.6 Å². The molecule has 1 heterocycles. The highest BCUT2D eigenvalue weighted by molar-refractivity contribution is 5.93. The van der Waals surface area contributed by atoms with Gasteiger partial charge in [0.05, 0.1) is 5.56 Å². The molecule has 1 aliphatic rings. The maximum absolute atomic E-state index is 11.2. The van der Waals surface area contributed by atoms with Crippen molar-refractivity contribution in [1.82, 2.24) is 0 Å². The minimum Gasteiger partial charge on any atom is -0.451 e. The van der Waals surface area contributed by atoms with E-state index in [-0.39, 0.29) is 12.6 Å². The molecule has 4 nitrogen and oxygen atoms in total. The standard InChI is InChI=1S/C9H8O4/c10-9-7-4-2-1-3-6(7)8(13-9)5-12-11/h1-4,8,11H,5H2. The van der Waals surface area contributed by atoms with Gasteiger partial charge in [-0.25, -0.2) is 9.68 Å². The van der Waals surface area contributed by atoms with Crippen LogP contribution in [0.3, 0.4) is 0 Å². The first-order valence-electron chi connectivity index (χ1n) is 3.89. The van der Waals surface area contributed by atoms with Crippen molar-refractivity contribution in [2.75, 3.05) is 6.61 Å². The van der Waals surface area contributed by atoms with Crippen molar-refractivity contribution in [3.8, 4) is 0 Å². The molecule has 0 saturated heterocycles. The lowest BCUT2D eigenvalue weighted by Crippen LogP contribution is -2.05. The van der Waals surface area contributed by atoms with Crippen molar-refractivity contribution in [1.29, 1.82) is 0 Å². The van der Waals surface area contributed by atoms with E-state index in [2.05, 4.69) is 4.89 Å². The third-order valence-electron chi connectivity index (χ3n) is 2.00. The van der Waals surface area contributed by atoms with Gasteiger partial charge in [0, 0.05) is 5.56 Å². The zero-order valence-electron chi connectivity index (χ0n) is 6.77. The van der Waals surface area contributed by atoms with E-state index in [1.54, 1.807) is 18.2 Å². The Morgan fingerprint density at radius 2 is 2.23 bits per heavy atom. The quantitative estimate of drug-likeness (QED) is 0.424. The second-order valence-corrected chi connectivity index (χ2v) is 2.78. The number of rotatable bonds is 2. The lowest BCUT2D eigenvalue weighted by molar-refractivity contribution is -0.256. The molecule has 1 aliphatic heterocycles. The van der Waals surface area contributed by atoms with Crippen LogP contribution in [-0.4, -0.2) is 17.8 Å². The average molecular weight is 180 g/mol. The highest BCUT2D eigenvalue weighted by Crippen LogP contribution is 2.29. The Bertz CT molecular complexity index is 334. The third kappa shape index (κ3) is 1.30. The van der Waals surface area contributed by atoms with Crippen LogP contribution in [0.5, 0.6) is 0 Å². The number of hydrogen-bond donors (Lipinski definition) is 1. The fourth-order valence-corrected chi connectivity index (χ4v) is 1.41. The summed E-state index contributed by atoms with van der Waals surface area (Å²) in [5.41, 5.74) is 1.31. The molecule has 0 radical (unpaired) electrons. The molecule has 1 aromatic carbocycles. The van der Waals surface area contributed by atoms with Gasteiger partial charge in [-0.15, -0.1) is 0 Å². The molecule has 0 aliphatic carbocycles. The van der Waals surface area contributed by atoms with Crippen molar-refractivity contribution >= 4 is 5.97 Å². The van der Waals surface area contributed by atoms with Gasteiger partial charge in [0.15, 0.2) is 6.10 Å². The number of carbonyl (C=O) groups is 1. The summed E-state index contributed by atoms with van der Waals surface area (Å²) in [6.07, 6.45) is -0.478. The van der Waals surface area contributed by atoms with Crippen molar-refractivity contribution in [3.05, 3.63) is 35.4 Å². The van der Waals surface area contributed by atoms with Gasteiger partial charge in [-0.1, -0.05) is 18.2 Å². The number of carbonyl (C=O) groups excluding carboxylic acids is 1. The first-order valence-corrected chi connectivity index (χ1v) is 3.89. The highest BCUT2D eigenvalue weighted by atomic mass is 17.1. The van der Waals surface area contributed by atoms with Gasteiger partial charge in [0.2, 0.25) is 0 Å². The molecule has 13 heavy (non-hydrogen) atoms. The van der Waals surface area contributed by atoms with Gasteiger partial charge in [0.1, 0.15) is 6.61 Å². The molecule has 0 fully saturated rings. The van der Waals surface area contributed by atoms with E-state index in [1.807, 2.05) is 6.07 Å². The van der Waals surface area contributed by atoms with Crippen LogP contribution >= 0.6 is 0 Å². The van der Waals surface area contributed by atoms with E-state index < -0.39 is 6.10 Å². The Morgan fingerprint density at radius 1 is 1.46 bits per heavy atom. The third-order valence-corrected chi connectivity index (χ3v) is 2.00. The predicted molar refractivity (Wildman–Crippen MR) is 43.2 cm³/mol. The normalized spacial score (nSPS) is 19.8. The molecule has 4 heteroatoms. The largest absolute Gasteiger partial charge is 0.451 e.